The van der Waals surface area contributed by atoms with Gasteiger partial charge in [0.05, 0.1) is 0 Å². The van der Waals surface area contributed by atoms with Gasteiger partial charge in [-0.05, 0) is 69.1 Å². The Morgan fingerprint density at radius 2 is 1.81 bits per heavy atom. The maximum absolute atomic E-state index is 6.20. The monoisotopic (exact) mass is 298 g/mol. The molecule has 3 aliphatic rings. The number of ether oxygens (including phenoxy) is 1. The van der Waals surface area contributed by atoms with Gasteiger partial charge < -0.3 is 9.16 Å². The Bertz CT molecular complexity index is 744. The first-order valence-corrected chi connectivity index (χ1v) is 10.5. The summed E-state index contributed by atoms with van der Waals surface area (Å²) in [5.74, 6) is 1.06. The van der Waals surface area contributed by atoms with Crippen molar-refractivity contribution in [2.24, 2.45) is 0 Å². The molecule has 21 heavy (non-hydrogen) atoms. The lowest BCUT2D eigenvalue weighted by atomic mass is 9.63. The van der Waals surface area contributed by atoms with E-state index >= 15 is 0 Å². The average molecular weight is 298 g/mol. The van der Waals surface area contributed by atoms with Crippen LogP contribution in [-0.2, 0) is 4.74 Å². The minimum atomic E-state index is -1.10. The standard InChI is InChI=1S/C18H22O2Si/c1-10-11(2)17(3)18(4,20-17)16-12-8-7-9-13(19-21(5)6)15(12)14(10)16/h7-9,21H,1-6H3. The van der Waals surface area contributed by atoms with Gasteiger partial charge in [-0.15, -0.1) is 0 Å². The van der Waals surface area contributed by atoms with Gasteiger partial charge in [0, 0.05) is 11.1 Å². The predicted octanol–water partition coefficient (Wildman–Crippen LogP) is 4.17. The molecule has 0 bridgehead atoms. The fourth-order valence-corrected chi connectivity index (χ4v) is 4.77. The summed E-state index contributed by atoms with van der Waals surface area (Å²) in [5.41, 5.74) is 7.88. The highest BCUT2D eigenvalue weighted by Crippen LogP contribution is 2.70. The van der Waals surface area contributed by atoms with Crippen molar-refractivity contribution in [3.63, 3.8) is 0 Å². The second-order valence-electron chi connectivity index (χ2n) is 7.01. The fraction of sp³-hybridized carbons (Fsp3) is 0.444. The van der Waals surface area contributed by atoms with Crippen LogP contribution in [0.5, 0.6) is 5.75 Å². The van der Waals surface area contributed by atoms with Crippen LogP contribution < -0.4 is 4.43 Å². The topological polar surface area (TPSA) is 21.8 Å². The molecule has 1 fully saturated rings. The van der Waals surface area contributed by atoms with Crippen molar-refractivity contribution in [1.82, 2.24) is 0 Å². The Kier molecular flexibility index (Phi) is 2.36. The van der Waals surface area contributed by atoms with Gasteiger partial charge in [0.25, 0.3) is 0 Å². The zero-order valence-electron chi connectivity index (χ0n) is 13.6. The highest BCUT2D eigenvalue weighted by atomic mass is 28.3. The van der Waals surface area contributed by atoms with Crippen LogP contribution in [0.4, 0.5) is 0 Å². The number of benzene rings is 1. The van der Waals surface area contributed by atoms with Gasteiger partial charge in [0.1, 0.15) is 17.0 Å². The Hall–Kier alpha value is -1.32. The van der Waals surface area contributed by atoms with Gasteiger partial charge in [-0.1, -0.05) is 12.1 Å². The maximum atomic E-state index is 6.20. The van der Waals surface area contributed by atoms with Crippen molar-refractivity contribution in [3.8, 4) is 5.75 Å². The molecule has 1 saturated heterocycles. The summed E-state index contributed by atoms with van der Waals surface area (Å²) in [7, 11) is -1.10. The molecule has 110 valence electrons. The van der Waals surface area contributed by atoms with Crippen molar-refractivity contribution in [2.75, 3.05) is 0 Å². The summed E-state index contributed by atoms with van der Waals surface area (Å²) < 4.78 is 12.4. The molecule has 0 amide bonds. The van der Waals surface area contributed by atoms with Gasteiger partial charge in [0.2, 0.25) is 9.04 Å². The van der Waals surface area contributed by atoms with E-state index in [1.165, 1.54) is 33.4 Å². The first-order valence-electron chi connectivity index (χ1n) is 7.75. The zero-order chi connectivity index (χ0) is 15.2. The maximum Gasteiger partial charge on any atom is 0.229 e. The molecule has 4 rings (SSSR count). The second-order valence-corrected chi connectivity index (χ2v) is 9.35. The molecule has 0 N–H and O–H groups in total. The molecule has 0 radical (unpaired) electrons. The van der Waals surface area contributed by atoms with Gasteiger partial charge in [0.15, 0.2) is 0 Å². The Morgan fingerprint density at radius 3 is 2.48 bits per heavy atom. The van der Waals surface area contributed by atoms with Gasteiger partial charge in [-0.25, -0.2) is 0 Å². The van der Waals surface area contributed by atoms with Crippen molar-refractivity contribution in [3.05, 3.63) is 40.5 Å². The lowest BCUT2D eigenvalue weighted by Gasteiger charge is -2.38. The largest absolute Gasteiger partial charge is 0.547 e. The summed E-state index contributed by atoms with van der Waals surface area (Å²) in [6.07, 6.45) is 0. The molecule has 3 heteroatoms. The summed E-state index contributed by atoms with van der Waals surface area (Å²) in [6, 6.07) is 6.44. The Labute approximate surface area is 128 Å². The number of hydrogen-bond acceptors (Lipinski definition) is 2. The SMILES string of the molecule is CC1=C(C)C2(C)OC2(C)C2=C1c1c(O[SiH](C)C)cccc12. The number of fused-ring (bicyclic) bond motifs is 5. The highest BCUT2D eigenvalue weighted by molar-refractivity contribution is 6.49. The van der Waals surface area contributed by atoms with Gasteiger partial charge in [-0.2, -0.15) is 0 Å². The van der Waals surface area contributed by atoms with Crippen molar-refractivity contribution >= 4 is 20.2 Å². The molecule has 1 aromatic carbocycles. The third-order valence-corrected chi connectivity index (χ3v) is 6.29. The van der Waals surface area contributed by atoms with Gasteiger partial charge in [-0.3, -0.25) is 0 Å². The minimum Gasteiger partial charge on any atom is -0.547 e. The fourth-order valence-electron chi connectivity index (χ4n) is 4.07. The molecule has 2 nitrogen and oxygen atoms in total. The number of epoxide rings is 1. The van der Waals surface area contributed by atoms with Crippen molar-refractivity contribution in [2.45, 2.75) is 52.0 Å². The highest BCUT2D eigenvalue weighted by Gasteiger charge is 2.71. The van der Waals surface area contributed by atoms with Crippen LogP contribution in [0.3, 0.4) is 0 Å². The van der Waals surface area contributed by atoms with E-state index in [9.17, 15) is 0 Å². The third kappa shape index (κ3) is 1.37. The van der Waals surface area contributed by atoms with Crippen molar-refractivity contribution in [1.29, 1.82) is 0 Å². The Morgan fingerprint density at radius 1 is 1.10 bits per heavy atom. The van der Waals surface area contributed by atoms with E-state index < -0.39 is 9.04 Å². The molecule has 2 aliphatic carbocycles. The van der Waals surface area contributed by atoms with E-state index in [1.54, 1.807) is 0 Å². The molecule has 1 aliphatic heterocycles. The van der Waals surface area contributed by atoms with E-state index in [0.717, 1.165) is 5.75 Å². The average Bonchev–Trinajstić information content (AvgIpc) is 2.93. The second kappa shape index (κ2) is 3.71. The predicted molar refractivity (Wildman–Crippen MR) is 89.0 cm³/mol. The Balaban J connectivity index is 1.91. The molecule has 0 aromatic heterocycles. The zero-order valence-corrected chi connectivity index (χ0v) is 14.8. The third-order valence-electron chi connectivity index (χ3n) is 5.57. The van der Waals surface area contributed by atoms with Gasteiger partial charge >= 0.3 is 0 Å². The van der Waals surface area contributed by atoms with Crippen LogP contribution in [0.25, 0.3) is 11.1 Å². The molecule has 1 heterocycles. The first kappa shape index (κ1) is 13.3. The van der Waals surface area contributed by atoms with Crippen LogP contribution in [0.15, 0.2) is 29.3 Å². The summed E-state index contributed by atoms with van der Waals surface area (Å²) in [4.78, 5) is 0. The van der Waals surface area contributed by atoms with Crippen LogP contribution in [-0.4, -0.2) is 20.2 Å². The summed E-state index contributed by atoms with van der Waals surface area (Å²) in [5, 5.41) is 0. The van der Waals surface area contributed by atoms with Crippen LogP contribution in [0.1, 0.15) is 38.8 Å². The molecule has 2 unspecified atom stereocenters. The lowest BCUT2D eigenvalue weighted by Crippen LogP contribution is -2.33. The van der Waals surface area contributed by atoms with E-state index in [-0.39, 0.29) is 11.2 Å². The van der Waals surface area contributed by atoms with E-state index in [1.807, 2.05) is 0 Å². The quantitative estimate of drug-likeness (QED) is 0.604. The van der Waals surface area contributed by atoms with E-state index in [0.29, 0.717) is 0 Å². The molecule has 0 saturated carbocycles. The molecular weight excluding hydrogens is 276 g/mol. The summed E-state index contributed by atoms with van der Waals surface area (Å²) >= 11 is 0. The number of allylic oxidation sites excluding steroid dienone is 2. The van der Waals surface area contributed by atoms with Crippen LogP contribution >= 0.6 is 0 Å². The lowest BCUT2D eigenvalue weighted by molar-refractivity contribution is 0.320. The summed E-state index contributed by atoms with van der Waals surface area (Å²) in [6.45, 7) is 13.3. The first-order chi connectivity index (χ1) is 9.81. The molecular formula is C18H22O2Si. The normalized spacial score (nSPS) is 32.5. The molecule has 2 atom stereocenters. The molecule has 0 spiro atoms. The van der Waals surface area contributed by atoms with Crippen LogP contribution in [0.2, 0.25) is 13.1 Å². The smallest absolute Gasteiger partial charge is 0.229 e. The minimum absolute atomic E-state index is 0.114. The number of rotatable bonds is 2. The number of hydrogen-bond donors (Lipinski definition) is 0. The van der Waals surface area contributed by atoms with E-state index in [4.69, 9.17) is 9.16 Å². The van der Waals surface area contributed by atoms with Crippen LogP contribution in [0, 0.1) is 0 Å². The van der Waals surface area contributed by atoms with E-state index in [2.05, 4.69) is 59.0 Å². The molecule has 1 aromatic rings. The van der Waals surface area contributed by atoms with Crippen molar-refractivity contribution < 1.29 is 9.16 Å².